The number of aliphatic hydroxyl groups excluding tert-OH is 1. The summed E-state index contributed by atoms with van der Waals surface area (Å²) in [4.78, 5) is 120. The second-order valence-corrected chi connectivity index (χ2v) is 26.3. The molecule has 21 bridgehead atoms. The van der Waals surface area contributed by atoms with Crippen LogP contribution in [0.2, 0.25) is 10.0 Å². The van der Waals surface area contributed by atoms with Crippen LogP contribution < -0.4 is 51.4 Å². The Labute approximate surface area is 564 Å². The molecule has 10 aliphatic rings. The molecule has 15 N–H and O–H groups in total. The van der Waals surface area contributed by atoms with Gasteiger partial charge in [0.05, 0.1) is 10.0 Å². The molecular formula is C69H59Cl2N7O20. The Kier molecular flexibility index (Phi) is 16.5. The Morgan fingerprint density at radius 1 is 0.500 bits per heavy atom. The maximum atomic E-state index is 15.9. The number of carboxylic acid groups (broad SMARTS) is 1. The third-order valence-corrected chi connectivity index (χ3v) is 19.6. The smallest absolute Gasteiger partial charge is 0.408 e. The molecule has 7 aromatic carbocycles. The first-order chi connectivity index (χ1) is 46.9. The summed E-state index contributed by atoms with van der Waals surface area (Å²) in [5, 5.41) is 109. The molecule has 17 rings (SSSR count). The summed E-state index contributed by atoms with van der Waals surface area (Å²) in [5.74, 6) is -14.1. The maximum absolute atomic E-state index is 15.9. The number of carboxylic acids is 1. The number of ether oxygens (including phenoxy) is 4. The molecule has 4 saturated carbocycles. The summed E-state index contributed by atoms with van der Waals surface area (Å²) in [7, 11) is 0. The number of alkyl carbamates (subject to hydrolysis) is 1. The fraction of sp³-hybridized carbons (Fsp3) is 0.275. The minimum Gasteiger partial charge on any atom is -0.508 e. The number of aromatic hydroxyl groups is 6. The zero-order chi connectivity index (χ0) is 68.9. The lowest BCUT2D eigenvalue weighted by atomic mass is 9.55. The monoisotopic (exact) mass is 1380 g/mol. The third-order valence-electron chi connectivity index (χ3n) is 19.0. The van der Waals surface area contributed by atoms with Crippen molar-refractivity contribution in [3.05, 3.63) is 164 Å². The number of halogens is 2. The quantitative estimate of drug-likeness (QED) is 0.0810. The molecule has 29 heteroatoms. The summed E-state index contributed by atoms with van der Waals surface area (Å²) < 4.78 is 24.9. The van der Waals surface area contributed by atoms with Gasteiger partial charge in [0.25, 0.3) is 0 Å². The average molecular weight is 1380 g/mol. The first-order valence-electron chi connectivity index (χ1n) is 31.1. The van der Waals surface area contributed by atoms with E-state index in [2.05, 4.69) is 37.2 Å². The Balaban J connectivity index is 0.919. The van der Waals surface area contributed by atoms with Gasteiger partial charge in [-0.15, -0.1) is 0 Å². The number of fused-ring (bicyclic) bond motifs is 14. The van der Waals surface area contributed by atoms with Gasteiger partial charge in [0, 0.05) is 35.2 Å². The molecule has 0 radical (unpaired) electrons. The van der Waals surface area contributed by atoms with E-state index in [4.69, 9.17) is 42.1 Å². The summed E-state index contributed by atoms with van der Waals surface area (Å²) in [5.41, 5.74) is -2.22. The van der Waals surface area contributed by atoms with Crippen LogP contribution >= 0.6 is 23.2 Å². The van der Waals surface area contributed by atoms with E-state index in [-0.39, 0.29) is 78.3 Å². The van der Waals surface area contributed by atoms with Gasteiger partial charge in [-0.05, 0) is 168 Å². The fourth-order valence-corrected chi connectivity index (χ4v) is 15.2. The Morgan fingerprint density at radius 2 is 1.08 bits per heavy atom. The minimum atomic E-state index is -2.21. The maximum Gasteiger partial charge on any atom is 0.408 e. The highest BCUT2D eigenvalue weighted by Gasteiger charge is 2.51. The van der Waals surface area contributed by atoms with E-state index in [0.29, 0.717) is 11.8 Å². The van der Waals surface area contributed by atoms with Crippen molar-refractivity contribution < 1.29 is 98.2 Å². The van der Waals surface area contributed by atoms with Gasteiger partial charge in [0.2, 0.25) is 41.2 Å². The van der Waals surface area contributed by atoms with Gasteiger partial charge >= 0.3 is 12.1 Å². The Hall–Kier alpha value is -11.2. The van der Waals surface area contributed by atoms with Crippen molar-refractivity contribution in [2.24, 2.45) is 23.7 Å². The number of nitrogens with one attached hydrogen (secondary N) is 7. The van der Waals surface area contributed by atoms with E-state index in [0.717, 1.165) is 92.8 Å². The van der Waals surface area contributed by atoms with E-state index >= 15 is 24.0 Å². The van der Waals surface area contributed by atoms with E-state index < -0.39 is 171 Å². The molecule has 4 aliphatic carbocycles. The number of rotatable bonds is 3. The molecule has 0 aromatic heterocycles. The van der Waals surface area contributed by atoms with E-state index in [1.54, 1.807) is 0 Å². The molecule has 504 valence electrons. The topological polar surface area (TPSA) is 420 Å². The Morgan fingerprint density at radius 3 is 1.74 bits per heavy atom. The molecule has 6 heterocycles. The van der Waals surface area contributed by atoms with Crippen LogP contribution in [0.25, 0.3) is 11.1 Å². The van der Waals surface area contributed by atoms with Gasteiger partial charge in [-0.1, -0.05) is 47.5 Å². The number of carbonyl (C=O) groups excluding carboxylic acids is 7. The zero-order valence-corrected chi connectivity index (χ0v) is 52.5. The van der Waals surface area contributed by atoms with Crippen LogP contribution in [-0.2, 0) is 44.7 Å². The SMILES string of the molecule is O=C(N[C@H]1C(=O)N[C@@H]2Cc3ccc(c(Cl)c3)Oc3cc4cc(c3O)Oc3ccc(cc3Cl)[C@@H](O)[C@@H]3NC(=O)[C@H](NC(=O)[C@@H]4NC(=O)[C@@H](NC2=O)c2cc(O)cc(c2)Oc2cc1ccc2O)c1ccc(O)c(c1)-c1c(O)cc(O)cc1[C@@H](C(=O)O)NC3=O)OC1C2CC3CC(C2)CC1C3. The van der Waals surface area contributed by atoms with Crippen molar-refractivity contribution in [1.29, 1.82) is 0 Å². The van der Waals surface area contributed by atoms with Crippen LogP contribution in [0.5, 0.6) is 69.0 Å². The second kappa shape index (κ2) is 25.1. The molecule has 0 spiro atoms. The standard InChI is InChI=1S/C69H59Cl2N7O20/c70-41-14-26-1-7-47(41)96-50-21-33-22-51(60(50)85)97-48-8-4-31(19-42(48)71)59(84)58-67(91)76-57(68(92)93)40-24-37(80)25-46(83)52(40)39-18-29(2-5-44(39)81)53(64(88)77-58)74-66(90)56(33)75-65(89)55-32-16-36(79)23-38(17-32)95-49-20-30(3-6-45(49)82)54(63(87)72-43(15-26)62(86)73-55)78-69(94)98-61-34-10-27-9-28(12-34)13-35(61)11-27/h1-8,14,16-25,27-28,34-35,43,53-59,61,79-85H,9-13,15H2,(H,72,87)(H,73,86)(H,74,90)(H,75,89)(H,76,91)(H,77,88)(H,78,94)(H,92,93)/t27?,28?,34?,35?,43-,53-,54-,55+,56-,57+,58+,59-,61?/m1/s1. The van der Waals surface area contributed by atoms with Crippen molar-refractivity contribution >= 4 is 70.7 Å². The van der Waals surface area contributed by atoms with Crippen LogP contribution in [0.15, 0.2) is 115 Å². The lowest BCUT2D eigenvalue weighted by Crippen LogP contribution is -2.55. The number of aliphatic hydroxyl groups is 1. The van der Waals surface area contributed by atoms with Gasteiger partial charge < -0.3 is 97.0 Å². The lowest BCUT2D eigenvalue weighted by molar-refractivity contribution is -0.143. The number of hydrogen-bond acceptors (Lipinski definition) is 19. The lowest BCUT2D eigenvalue weighted by Gasteiger charge is -2.53. The Bertz CT molecular complexity index is 4540. The van der Waals surface area contributed by atoms with E-state index in [1.807, 2.05) is 0 Å². The number of carbonyl (C=O) groups is 8. The highest BCUT2D eigenvalue weighted by Crippen LogP contribution is 2.55. The van der Waals surface area contributed by atoms with E-state index in [9.17, 15) is 55.2 Å². The largest absolute Gasteiger partial charge is 0.508 e. The number of benzene rings is 7. The summed E-state index contributed by atoms with van der Waals surface area (Å²) in [6.07, 6.45) is 0.802. The van der Waals surface area contributed by atoms with Gasteiger partial charge in [0.15, 0.2) is 29.0 Å². The van der Waals surface area contributed by atoms with Gasteiger partial charge in [-0.2, -0.15) is 0 Å². The number of aliphatic carboxylic acids is 1. The predicted octanol–water partition coefficient (Wildman–Crippen LogP) is 7.58. The summed E-state index contributed by atoms with van der Waals surface area (Å²) >= 11 is 13.9. The number of phenols is 6. The van der Waals surface area contributed by atoms with Crippen LogP contribution in [-0.4, -0.2) is 107 Å². The molecule has 0 unspecified atom stereocenters. The van der Waals surface area contributed by atoms with Crippen LogP contribution in [0.3, 0.4) is 0 Å². The second-order valence-electron chi connectivity index (χ2n) is 25.5. The first-order valence-corrected chi connectivity index (χ1v) is 31.9. The van der Waals surface area contributed by atoms with Crippen LogP contribution in [0, 0.1) is 23.7 Å². The molecule has 7 aromatic rings. The molecule has 7 amide bonds. The van der Waals surface area contributed by atoms with Crippen molar-refractivity contribution in [1.82, 2.24) is 37.2 Å². The van der Waals surface area contributed by atoms with Gasteiger partial charge in [-0.25, -0.2) is 9.59 Å². The van der Waals surface area contributed by atoms with E-state index in [1.165, 1.54) is 54.6 Å². The van der Waals surface area contributed by atoms with Crippen molar-refractivity contribution in [3.63, 3.8) is 0 Å². The molecule has 8 atom stereocenters. The highest BCUT2D eigenvalue weighted by molar-refractivity contribution is 6.32. The minimum absolute atomic E-state index is 0.0426. The first kappa shape index (κ1) is 64.2. The van der Waals surface area contributed by atoms with Crippen LogP contribution in [0.1, 0.15) is 107 Å². The number of hydrogen-bond donors (Lipinski definition) is 15. The normalized spacial score (nSPS) is 26.2. The van der Waals surface area contributed by atoms with Crippen molar-refractivity contribution in [2.45, 2.75) is 93.0 Å². The van der Waals surface area contributed by atoms with Gasteiger partial charge in [0.1, 0.15) is 88.7 Å². The predicted molar refractivity (Wildman–Crippen MR) is 341 cm³/mol. The van der Waals surface area contributed by atoms with Gasteiger partial charge in [-0.3, -0.25) is 28.8 Å². The molecule has 6 aliphatic heterocycles. The third kappa shape index (κ3) is 12.2. The van der Waals surface area contributed by atoms with Crippen molar-refractivity contribution in [2.75, 3.05) is 0 Å². The highest BCUT2D eigenvalue weighted by atomic mass is 35.5. The molecule has 27 nitrogen and oxygen atoms in total. The molecule has 4 fully saturated rings. The number of amides is 7. The summed E-state index contributed by atoms with van der Waals surface area (Å²) in [6.45, 7) is 0. The molecule has 0 saturated heterocycles. The summed E-state index contributed by atoms with van der Waals surface area (Å²) in [6, 6.07) is 7.70. The molecular weight excluding hydrogens is 1320 g/mol. The van der Waals surface area contributed by atoms with Crippen LogP contribution in [0.4, 0.5) is 4.79 Å². The van der Waals surface area contributed by atoms with Crippen molar-refractivity contribution in [3.8, 4) is 80.1 Å². The molecule has 98 heavy (non-hydrogen) atoms. The fourth-order valence-electron chi connectivity index (χ4n) is 14.7. The zero-order valence-electron chi connectivity index (χ0n) is 51.0. The average Bonchev–Trinajstić information content (AvgIpc) is 0.769. The number of phenolic OH excluding ortho intramolecular Hbond substituents is 6.